The molecule has 7 nitrogen and oxygen atoms in total. The summed E-state index contributed by atoms with van der Waals surface area (Å²) < 4.78 is 10.6. The fraction of sp³-hybridized carbons (Fsp3) is 0.360. The topological polar surface area (TPSA) is 97.1 Å². The standard InChI is InChI=1S/C25H26N4O3S2/c1-15-4-6-19-17(10-15)11-18(13-26)24(27-19)33-9-8-23(30)29-25-28-20(14-34-25)16-5-7-21(31-2)22(12-16)32-3/h5,7,11-12,14-15H,4,6,8-10H2,1-3H3,(H,28,29,30). The number of nitriles is 1. The largest absolute Gasteiger partial charge is 0.493 e. The molecule has 9 heteroatoms. The van der Waals surface area contributed by atoms with Gasteiger partial charge in [-0.25, -0.2) is 9.97 Å². The Balaban J connectivity index is 1.34. The van der Waals surface area contributed by atoms with Gasteiger partial charge >= 0.3 is 0 Å². The minimum Gasteiger partial charge on any atom is -0.493 e. The predicted molar refractivity (Wildman–Crippen MR) is 135 cm³/mol. The summed E-state index contributed by atoms with van der Waals surface area (Å²) in [5.74, 6) is 2.32. The number of methoxy groups -OCH3 is 2. The lowest BCUT2D eigenvalue weighted by molar-refractivity contribution is -0.115. The molecule has 0 bridgehead atoms. The van der Waals surface area contributed by atoms with E-state index in [0.29, 0.717) is 45.3 Å². The second-order valence-electron chi connectivity index (χ2n) is 8.16. The molecule has 0 fully saturated rings. The highest BCUT2D eigenvalue weighted by Crippen LogP contribution is 2.34. The number of hydrogen-bond donors (Lipinski definition) is 1. The molecule has 2 aromatic heterocycles. The number of carbonyl (C=O) groups is 1. The van der Waals surface area contributed by atoms with Gasteiger partial charge in [-0.1, -0.05) is 6.92 Å². The van der Waals surface area contributed by atoms with Crippen molar-refractivity contribution in [2.24, 2.45) is 5.92 Å². The third-order valence-corrected chi connectivity index (χ3v) is 7.47. The normalized spacial score (nSPS) is 14.7. The summed E-state index contributed by atoms with van der Waals surface area (Å²) >= 11 is 2.83. The van der Waals surface area contributed by atoms with Crippen LogP contribution in [-0.2, 0) is 17.6 Å². The second kappa shape index (κ2) is 10.9. The van der Waals surface area contributed by atoms with Crippen molar-refractivity contribution in [2.45, 2.75) is 37.6 Å². The van der Waals surface area contributed by atoms with Crippen LogP contribution in [0.5, 0.6) is 11.5 Å². The highest BCUT2D eigenvalue weighted by Gasteiger charge is 2.19. The van der Waals surface area contributed by atoms with Crippen LogP contribution < -0.4 is 14.8 Å². The van der Waals surface area contributed by atoms with Crippen LogP contribution in [0.1, 0.15) is 36.6 Å². The Kier molecular flexibility index (Phi) is 7.70. The Bertz CT molecular complexity index is 1240. The van der Waals surface area contributed by atoms with Gasteiger partial charge in [0.2, 0.25) is 5.91 Å². The lowest BCUT2D eigenvalue weighted by Gasteiger charge is -2.21. The van der Waals surface area contributed by atoms with Crippen molar-refractivity contribution in [2.75, 3.05) is 25.3 Å². The summed E-state index contributed by atoms with van der Waals surface area (Å²) in [7, 11) is 3.18. The van der Waals surface area contributed by atoms with E-state index < -0.39 is 0 Å². The lowest BCUT2D eigenvalue weighted by atomic mass is 9.87. The molecule has 0 spiro atoms. The number of hydrogen-bond acceptors (Lipinski definition) is 8. The van der Waals surface area contributed by atoms with Crippen LogP contribution in [0.2, 0.25) is 0 Å². The number of carbonyl (C=O) groups excluding carboxylic acids is 1. The molecule has 0 radical (unpaired) electrons. The number of pyridine rings is 1. The summed E-state index contributed by atoms with van der Waals surface area (Å²) in [5.41, 5.74) is 4.50. The van der Waals surface area contributed by atoms with Crippen LogP contribution in [0, 0.1) is 17.2 Å². The van der Waals surface area contributed by atoms with Crippen LogP contribution in [-0.4, -0.2) is 35.8 Å². The first-order chi connectivity index (χ1) is 16.5. The number of ether oxygens (including phenoxy) is 2. The number of aromatic nitrogens is 2. The number of thiazole rings is 1. The van der Waals surface area contributed by atoms with Gasteiger partial charge in [-0.05, 0) is 55.0 Å². The van der Waals surface area contributed by atoms with Gasteiger partial charge in [-0.15, -0.1) is 23.1 Å². The quantitative estimate of drug-likeness (QED) is 0.422. The maximum absolute atomic E-state index is 12.5. The Morgan fingerprint density at radius 2 is 2.09 bits per heavy atom. The van der Waals surface area contributed by atoms with E-state index in [1.807, 2.05) is 29.6 Å². The van der Waals surface area contributed by atoms with Gasteiger partial charge in [0.05, 0.1) is 25.5 Å². The van der Waals surface area contributed by atoms with Gasteiger partial charge in [-0.3, -0.25) is 4.79 Å². The smallest absolute Gasteiger partial charge is 0.226 e. The van der Waals surface area contributed by atoms with Crippen LogP contribution in [0.15, 0.2) is 34.7 Å². The van der Waals surface area contributed by atoms with Gasteiger partial charge in [0, 0.05) is 28.8 Å². The summed E-state index contributed by atoms with van der Waals surface area (Å²) in [6.07, 6.45) is 3.35. The van der Waals surface area contributed by atoms with E-state index in [2.05, 4.69) is 23.3 Å². The van der Waals surface area contributed by atoms with E-state index in [0.717, 1.165) is 36.2 Å². The van der Waals surface area contributed by atoms with Gasteiger partial charge in [0.25, 0.3) is 0 Å². The molecule has 1 atom stereocenters. The second-order valence-corrected chi connectivity index (χ2v) is 10.1. The molecule has 1 aliphatic carbocycles. The monoisotopic (exact) mass is 494 g/mol. The van der Waals surface area contributed by atoms with E-state index >= 15 is 0 Å². The van der Waals surface area contributed by atoms with E-state index in [-0.39, 0.29) is 5.91 Å². The predicted octanol–water partition coefficient (Wildman–Crippen LogP) is 5.34. The van der Waals surface area contributed by atoms with Crippen LogP contribution in [0.4, 0.5) is 5.13 Å². The Morgan fingerprint density at radius 1 is 1.26 bits per heavy atom. The van der Waals surface area contributed by atoms with Crippen molar-refractivity contribution in [3.8, 4) is 28.8 Å². The van der Waals surface area contributed by atoms with Crippen molar-refractivity contribution >= 4 is 34.1 Å². The molecule has 1 aromatic carbocycles. The molecule has 1 amide bonds. The first-order valence-corrected chi connectivity index (χ1v) is 12.9. The van der Waals surface area contributed by atoms with Gasteiger partial charge in [0.1, 0.15) is 11.1 Å². The zero-order valence-electron chi connectivity index (χ0n) is 19.4. The van der Waals surface area contributed by atoms with E-state index in [4.69, 9.17) is 14.5 Å². The number of nitrogens with zero attached hydrogens (tertiary/aromatic N) is 3. The summed E-state index contributed by atoms with van der Waals surface area (Å²) in [5, 5.41) is 15.6. The Morgan fingerprint density at radius 3 is 2.85 bits per heavy atom. The van der Waals surface area contributed by atoms with Crippen LogP contribution in [0.3, 0.4) is 0 Å². The van der Waals surface area contributed by atoms with Gasteiger partial charge < -0.3 is 14.8 Å². The molecule has 0 saturated carbocycles. The molecule has 176 valence electrons. The number of anilines is 1. The number of amides is 1. The molecule has 4 rings (SSSR count). The first-order valence-electron chi connectivity index (χ1n) is 11.0. The van der Waals surface area contributed by atoms with E-state index in [1.165, 1.54) is 28.7 Å². The molecule has 2 heterocycles. The van der Waals surface area contributed by atoms with E-state index in [1.54, 1.807) is 14.2 Å². The van der Waals surface area contributed by atoms with Crippen LogP contribution >= 0.6 is 23.1 Å². The maximum Gasteiger partial charge on any atom is 0.226 e. The average Bonchev–Trinajstić information content (AvgIpc) is 3.31. The molecule has 34 heavy (non-hydrogen) atoms. The highest BCUT2D eigenvalue weighted by molar-refractivity contribution is 7.99. The summed E-state index contributed by atoms with van der Waals surface area (Å²) in [4.78, 5) is 21.7. The van der Waals surface area contributed by atoms with Crippen molar-refractivity contribution in [3.63, 3.8) is 0 Å². The van der Waals surface area contributed by atoms with E-state index in [9.17, 15) is 10.1 Å². The number of benzene rings is 1. The number of thioether (sulfide) groups is 1. The third-order valence-electron chi connectivity index (χ3n) is 5.72. The molecule has 0 aliphatic heterocycles. The van der Waals surface area contributed by atoms with Gasteiger partial charge in [0.15, 0.2) is 16.6 Å². The summed E-state index contributed by atoms with van der Waals surface area (Å²) in [6.45, 7) is 2.23. The minimum atomic E-state index is -0.119. The van der Waals surface area contributed by atoms with Gasteiger partial charge in [-0.2, -0.15) is 5.26 Å². The fourth-order valence-electron chi connectivity index (χ4n) is 3.90. The SMILES string of the molecule is COc1ccc(-c2csc(NC(=O)CCSc3nc4c(cc3C#N)CC(C)CC4)n2)cc1OC. The number of nitrogens with one attached hydrogen (secondary N) is 1. The molecule has 3 aromatic rings. The Hall–Kier alpha value is -3.09. The molecule has 0 saturated heterocycles. The van der Waals surface area contributed by atoms with Crippen molar-refractivity contribution in [3.05, 3.63) is 46.5 Å². The summed E-state index contributed by atoms with van der Waals surface area (Å²) in [6, 6.07) is 9.82. The fourth-order valence-corrected chi connectivity index (χ4v) is 5.55. The molecule has 1 unspecified atom stereocenters. The lowest BCUT2D eigenvalue weighted by Crippen LogP contribution is -2.14. The van der Waals surface area contributed by atoms with Crippen LogP contribution in [0.25, 0.3) is 11.3 Å². The zero-order valence-corrected chi connectivity index (χ0v) is 21.0. The number of aryl methyl sites for hydroxylation is 1. The Labute approximate surface area is 207 Å². The average molecular weight is 495 g/mol. The molecule has 1 aliphatic rings. The first kappa shape index (κ1) is 24.0. The zero-order chi connectivity index (χ0) is 24.1. The van der Waals surface area contributed by atoms with Crippen molar-refractivity contribution in [1.82, 2.24) is 9.97 Å². The third kappa shape index (κ3) is 5.51. The molecular weight excluding hydrogens is 468 g/mol. The highest BCUT2D eigenvalue weighted by atomic mass is 32.2. The molecular formula is C25H26N4O3S2. The maximum atomic E-state index is 12.5. The minimum absolute atomic E-state index is 0.119. The van der Waals surface area contributed by atoms with Crippen molar-refractivity contribution in [1.29, 1.82) is 5.26 Å². The number of fused-ring (bicyclic) bond motifs is 1. The number of rotatable bonds is 8. The van der Waals surface area contributed by atoms with Crippen molar-refractivity contribution < 1.29 is 14.3 Å². The molecule has 1 N–H and O–H groups in total.